The number of hydrogen-bond acceptors (Lipinski definition) is 4. The predicted octanol–water partition coefficient (Wildman–Crippen LogP) is 2.84. The van der Waals surface area contributed by atoms with Crippen molar-refractivity contribution < 1.29 is 24.3 Å². The largest absolute Gasteiger partial charge is 0.475 e. The molecule has 2 aromatic carbocycles. The molecule has 0 aliphatic heterocycles. The first-order valence-corrected chi connectivity index (χ1v) is 9.14. The molecule has 148 valence electrons. The number of amides is 1. The van der Waals surface area contributed by atoms with Crippen LogP contribution in [0.4, 0.5) is 0 Å². The van der Waals surface area contributed by atoms with Crippen LogP contribution in [-0.4, -0.2) is 33.1 Å². The Hall–Kier alpha value is -3.45. The second kappa shape index (κ2) is 7.89. The van der Waals surface area contributed by atoms with Crippen LogP contribution >= 0.6 is 11.6 Å². The van der Waals surface area contributed by atoms with Crippen LogP contribution in [-0.2, 0) is 22.6 Å². The number of hydrogen-bond donors (Lipinski definition) is 2. The summed E-state index contributed by atoms with van der Waals surface area (Å²) in [5.74, 6) is -4.98. The highest BCUT2D eigenvalue weighted by Gasteiger charge is 2.29. The summed E-state index contributed by atoms with van der Waals surface area (Å²) in [4.78, 5) is 47.9. The number of ketones is 2. The average Bonchev–Trinajstić information content (AvgIpc) is 3.00. The summed E-state index contributed by atoms with van der Waals surface area (Å²) in [6.07, 6.45) is 0.351. The molecule has 0 unspecified atom stereocenters. The lowest BCUT2D eigenvalue weighted by molar-refractivity contribution is -0.131. The molecular weight excluding hydrogens is 396 g/mol. The van der Waals surface area contributed by atoms with E-state index < -0.39 is 23.4 Å². The lowest BCUT2D eigenvalue weighted by Gasteiger charge is -2.11. The molecular formula is C21H17ClN2O5. The minimum atomic E-state index is -1.66. The van der Waals surface area contributed by atoms with E-state index in [1.165, 1.54) is 12.1 Å². The maximum atomic E-state index is 12.6. The third-order valence-corrected chi connectivity index (χ3v) is 4.89. The molecule has 0 saturated carbocycles. The minimum Gasteiger partial charge on any atom is -0.475 e. The van der Waals surface area contributed by atoms with Gasteiger partial charge in [0.2, 0.25) is 0 Å². The summed E-state index contributed by atoms with van der Waals surface area (Å²) in [5, 5.41) is 9.83. The number of benzene rings is 2. The number of carbonyl (C=O) groups excluding carboxylic acids is 3. The smallest absolute Gasteiger partial charge is 0.377 e. The Bertz CT molecular complexity index is 1180. The Morgan fingerprint density at radius 3 is 2.34 bits per heavy atom. The fraction of sp³-hybridized carbons (Fsp3) is 0.143. The van der Waals surface area contributed by atoms with Gasteiger partial charge in [-0.15, -0.1) is 0 Å². The molecule has 1 aromatic heterocycles. The van der Waals surface area contributed by atoms with Gasteiger partial charge in [-0.3, -0.25) is 14.4 Å². The van der Waals surface area contributed by atoms with Crippen molar-refractivity contribution in [3.8, 4) is 0 Å². The summed E-state index contributed by atoms with van der Waals surface area (Å²) >= 11 is 6.07. The number of nitrogens with zero attached hydrogens (tertiary/aromatic N) is 1. The summed E-state index contributed by atoms with van der Waals surface area (Å²) in [6.45, 7) is 2.09. The maximum Gasteiger partial charge on any atom is 0.377 e. The standard InChI is InChI=1S/C21H17ClN2O5/c1-2-14-17(19(26)20(23)27)16-13(18(25)21(28)29)7-4-8-15(16)24(14)10-11-5-3-6-12(22)9-11/h3-9H,2,10H2,1H3,(H2,23,27)(H,28,29). The van der Waals surface area contributed by atoms with E-state index in [1.807, 2.05) is 6.07 Å². The van der Waals surface area contributed by atoms with Crippen molar-refractivity contribution >= 4 is 45.9 Å². The predicted molar refractivity (Wildman–Crippen MR) is 107 cm³/mol. The molecule has 0 spiro atoms. The molecule has 0 fully saturated rings. The molecule has 7 nitrogen and oxygen atoms in total. The lowest BCUT2D eigenvalue weighted by Crippen LogP contribution is -2.24. The Labute approximate surface area is 170 Å². The van der Waals surface area contributed by atoms with Gasteiger partial charge < -0.3 is 15.4 Å². The quantitative estimate of drug-likeness (QED) is 0.456. The summed E-state index contributed by atoms with van der Waals surface area (Å²) in [5.41, 5.74) is 6.80. The van der Waals surface area contributed by atoms with Crippen LogP contribution in [0.1, 0.15) is 38.9 Å². The molecule has 8 heteroatoms. The highest BCUT2D eigenvalue weighted by molar-refractivity contribution is 6.48. The number of nitrogens with two attached hydrogens (primary N) is 1. The molecule has 0 aliphatic carbocycles. The van der Waals surface area contributed by atoms with Crippen molar-refractivity contribution in [3.63, 3.8) is 0 Å². The van der Waals surface area contributed by atoms with Gasteiger partial charge in [0, 0.05) is 28.2 Å². The number of Topliss-reactive ketones (excluding diaryl/α,β-unsaturated/α-hetero) is 2. The third-order valence-electron chi connectivity index (χ3n) is 4.65. The summed E-state index contributed by atoms with van der Waals surface area (Å²) in [7, 11) is 0. The van der Waals surface area contributed by atoms with Crippen LogP contribution < -0.4 is 5.73 Å². The van der Waals surface area contributed by atoms with Crippen LogP contribution in [0, 0.1) is 0 Å². The van der Waals surface area contributed by atoms with Crippen LogP contribution in [0.3, 0.4) is 0 Å². The molecule has 0 aliphatic rings. The summed E-state index contributed by atoms with van der Waals surface area (Å²) < 4.78 is 1.77. The second-order valence-corrected chi connectivity index (χ2v) is 6.86. The van der Waals surface area contributed by atoms with E-state index in [-0.39, 0.29) is 16.5 Å². The number of rotatable bonds is 7. The first-order valence-electron chi connectivity index (χ1n) is 8.76. The van der Waals surface area contributed by atoms with E-state index in [0.717, 1.165) is 5.56 Å². The topological polar surface area (TPSA) is 119 Å². The fourth-order valence-electron chi connectivity index (χ4n) is 3.49. The number of carboxylic acid groups (broad SMARTS) is 1. The maximum absolute atomic E-state index is 12.6. The zero-order chi connectivity index (χ0) is 21.3. The van der Waals surface area contributed by atoms with Crippen molar-refractivity contribution in [2.75, 3.05) is 0 Å². The molecule has 0 atom stereocenters. The number of halogens is 1. The summed E-state index contributed by atoms with van der Waals surface area (Å²) in [6, 6.07) is 11.6. The van der Waals surface area contributed by atoms with E-state index in [1.54, 1.807) is 35.8 Å². The zero-order valence-corrected chi connectivity index (χ0v) is 16.2. The lowest BCUT2D eigenvalue weighted by atomic mass is 9.98. The Balaban J connectivity index is 2.38. The third kappa shape index (κ3) is 3.64. The molecule has 1 amide bonds. The number of carboxylic acids is 1. The zero-order valence-electron chi connectivity index (χ0n) is 15.4. The van der Waals surface area contributed by atoms with Crippen LogP contribution in [0.25, 0.3) is 10.9 Å². The number of aromatic nitrogens is 1. The van der Waals surface area contributed by atoms with Gasteiger partial charge in [0.25, 0.3) is 17.5 Å². The highest BCUT2D eigenvalue weighted by atomic mass is 35.5. The van der Waals surface area contributed by atoms with E-state index >= 15 is 0 Å². The molecule has 3 N–H and O–H groups in total. The van der Waals surface area contributed by atoms with E-state index in [4.69, 9.17) is 17.3 Å². The van der Waals surface area contributed by atoms with Crippen molar-refractivity contribution in [2.24, 2.45) is 5.73 Å². The Morgan fingerprint density at radius 2 is 1.76 bits per heavy atom. The van der Waals surface area contributed by atoms with Gasteiger partial charge in [-0.2, -0.15) is 0 Å². The normalized spacial score (nSPS) is 10.8. The number of carbonyl (C=O) groups is 4. The van der Waals surface area contributed by atoms with Gasteiger partial charge in [-0.05, 0) is 36.2 Å². The molecule has 1 heterocycles. The molecule has 0 radical (unpaired) electrons. The van der Waals surface area contributed by atoms with Gasteiger partial charge in [0.15, 0.2) is 0 Å². The van der Waals surface area contributed by atoms with Crippen LogP contribution in [0.15, 0.2) is 42.5 Å². The molecule has 3 rings (SSSR count). The number of aliphatic carboxylic acids is 1. The number of primary amides is 1. The van der Waals surface area contributed by atoms with Crippen LogP contribution in [0.5, 0.6) is 0 Å². The van der Waals surface area contributed by atoms with Gasteiger partial charge in [0.1, 0.15) is 0 Å². The van der Waals surface area contributed by atoms with Crippen molar-refractivity contribution in [1.82, 2.24) is 4.57 Å². The monoisotopic (exact) mass is 412 g/mol. The molecule has 0 saturated heterocycles. The SMILES string of the molecule is CCc1c(C(=O)C(N)=O)c2c(C(=O)C(=O)O)cccc2n1Cc1cccc(Cl)c1. The van der Waals surface area contributed by atoms with Crippen molar-refractivity contribution in [2.45, 2.75) is 19.9 Å². The Morgan fingerprint density at radius 1 is 1.07 bits per heavy atom. The minimum absolute atomic E-state index is 0.0396. The van der Waals surface area contributed by atoms with Gasteiger partial charge in [-0.1, -0.05) is 36.7 Å². The van der Waals surface area contributed by atoms with Gasteiger partial charge in [0.05, 0.1) is 11.1 Å². The van der Waals surface area contributed by atoms with Crippen molar-refractivity contribution in [1.29, 1.82) is 0 Å². The first-order chi connectivity index (χ1) is 13.8. The number of fused-ring (bicyclic) bond motifs is 1. The average molecular weight is 413 g/mol. The Kier molecular flexibility index (Phi) is 5.52. The molecule has 29 heavy (non-hydrogen) atoms. The van der Waals surface area contributed by atoms with E-state index in [0.29, 0.717) is 29.2 Å². The molecule has 0 bridgehead atoms. The molecule has 3 aromatic rings. The fourth-order valence-corrected chi connectivity index (χ4v) is 3.70. The van der Waals surface area contributed by atoms with Gasteiger partial charge >= 0.3 is 5.97 Å². The first kappa shape index (κ1) is 20.3. The second-order valence-electron chi connectivity index (χ2n) is 6.42. The van der Waals surface area contributed by atoms with Crippen molar-refractivity contribution in [3.05, 3.63) is 69.9 Å². The highest BCUT2D eigenvalue weighted by Crippen LogP contribution is 2.32. The van der Waals surface area contributed by atoms with E-state index in [2.05, 4.69) is 0 Å². The van der Waals surface area contributed by atoms with E-state index in [9.17, 15) is 24.3 Å². The van der Waals surface area contributed by atoms with Crippen LogP contribution in [0.2, 0.25) is 5.02 Å². The van der Waals surface area contributed by atoms with Gasteiger partial charge in [-0.25, -0.2) is 4.79 Å².